The average molecular weight is 216 g/mol. The van der Waals surface area contributed by atoms with Crippen molar-refractivity contribution in [2.45, 2.75) is 51.0 Å². The molecule has 1 aliphatic heterocycles. The van der Waals surface area contributed by atoms with Crippen LogP contribution in [-0.2, 0) is 0 Å². The second-order valence-electron chi connectivity index (χ2n) is 4.83. The van der Waals surface area contributed by atoms with Gasteiger partial charge in [-0.2, -0.15) is 0 Å². The van der Waals surface area contributed by atoms with E-state index in [1.165, 1.54) is 58.0 Å². The molecule has 2 fully saturated rings. The number of fused-ring (bicyclic) bond motifs is 1. The third kappa shape index (κ3) is 2.43. The van der Waals surface area contributed by atoms with Crippen LogP contribution in [0.3, 0.4) is 0 Å². The van der Waals surface area contributed by atoms with E-state index in [0.29, 0.717) is 0 Å². The molecule has 2 atom stereocenters. The van der Waals surface area contributed by atoms with Crippen molar-refractivity contribution in [3.8, 4) is 0 Å². The molecule has 0 aromatic rings. The number of piperidine rings is 1. The third-order valence-electron chi connectivity index (χ3n) is 3.94. The van der Waals surface area contributed by atoms with Crippen LogP contribution in [0.4, 0.5) is 0 Å². The number of nitrogens with zero attached hydrogens (tertiary/aromatic N) is 1. The molecule has 2 heteroatoms. The number of likely N-dealkylation sites (tertiary alicyclic amines) is 1. The Morgan fingerprint density at radius 1 is 1.07 bits per heavy atom. The second kappa shape index (κ2) is 5.37. The standard InChI is InChI=1S/C12H22ClN/c13-8-4-10-14-9-3-6-11-5-1-2-7-12(11)14/h11-12H,1-10H2/t11-,12-/m1/s1. The summed E-state index contributed by atoms with van der Waals surface area (Å²) < 4.78 is 0. The molecule has 0 spiro atoms. The highest BCUT2D eigenvalue weighted by atomic mass is 35.5. The Labute approximate surface area is 92.8 Å². The smallest absolute Gasteiger partial charge is 0.0235 e. The van der Waals surface area contributed by atoms with Crippen molar-refractivity contribution in [1.82, 2.24) is 4.90 Å². The quantitative estimate of drug-likeness (QED) is 0.654. The Bertz CT molecular complexity index is 170. The van der Waals surface area contributed by atoms with Crippen LogP contribution >= 0.6 is 11.6 Å². The molecule has 1 aliphatic carbocycles. The van der Waals surface area contributed by atoms with E-state index in [9.17, 15) is 0 Å². The number of hydrogen-bond acceptors (Lipinski definition) is 1. The van der Waals surface area contributed by atoms with Crippen LogP contribution in [0.5, 0.6) is 0 Å². The first-order valence-electron chi connectivity index (χ1n) is 6.22. The Morgan fingerprint density at radius 2 is 1.86 bits per heavy atom. The van der Waals surface area contributed by atoms with Gasteiger partial charge in [-0.3, -0.25) is 0 Å². The van der Waals surface area contributed by atoms with Crippen molar-refractivity contribution >= 4 is 11.6 Å². The lowest BCUT2D eigenvalue weighted by molar-refractivity contribution is 0.0613. The van der Waals surface area contributed by atoms with Gasteiger partial charge < -0.3 is 4.90 Å². The zero-order chi connectivity index (χ0) is 9.80. The zero-order valence-corrected chi connectivity index (χ0v) is 9.81. The van der Waals surface area contributed by atoms with E-state index in [0.717, 1.165) is 17.8 Å². The van der Waals surface area contributed by atoms with Gasteiger partial charge in [0.25, 0.3) is 0 Å². The van der Waals surface area contributed by atoms with Crippen LogP contribution < -0.4 is 0 Å². The molecule has 1 heterocycles. The fourth-order valence-corrected chi connectivity index (χ4v) is 3.39. The maximum Gasteiger partial charge on any atom is 0.0235 e. The van der Waals surface area contributed by atoms with Gasteiger partial charge in [0.15, 0.2) is 0 Å². The van der Waals surface area contributed by atoms with Crippen molar-refractivity contribution in [3.05, 3.63) is 0 Å². The van der Waals surface area contributed by atoms with Crippen LogP contribution in [0, 0.1) is 5.92 Å². The van der Waals surface area contributed by atoms with Crippen LogP contribution in [0.25, 0.3) is 0 Å². The number of rotatable bonds is 3. The van der Waals surface area contributed by atoms with Gasteiger partial charge in [-0.15, -0.1) is 11.6 Å². The first-order chi connectivity index (χ1) is 6.92. The molecule has 14 heavy (non-hydrogen) atoms. The van der Waals surface area contributed by atoms with Crippen LogP contribution in [0.1, 0.15) is 44.9 Å². The average Bonchev–Trinajstić information content (AvgIpc) is 2.26. The molecule has 0 unspecified atom stereocenters. The van der Waals surface area contributed by atoms with Gasteiger partial charge in [-0.05, 0) is 51.1 Å². The summed E-state index contributed by atoms with van der Waals surface area (Å²) in [6, 6.07) is 0.917. The maximum absolute atomic E-state index is 5.77. The Balaban J connectivity index is 1.88. The van der Waals surface area contributed by atoms with Crippen molar-refractivity contribution in [2.24, 2.45) is 5.92 Å². The van der Waals surface area contributed by atoms with E-state index < -0.39 is 0 Å². The number of halogens is 1. The molecule has 82 valence electrons. The third-order valence-corrected chi connectivity index (χ3v) is 4.20. The molecular weight excluding hydrogens is 194 g/mol. The predicted molar refractivity (Wildman–Crippen MR) is 61.9 cm³/mol. The summed E-state index contributed by atoms with van der Waals surface area (Å²) in [6.45, 7) is 2.57. The van der Waals surface area contributed by atoms with E-state index in [1.807, 2.05) is 0 Å². The zero-order valence-electron chi connectivity index (χ0n) is 9.05. The van der Waals surface area contributed by atoms with Crippen molar-refractivity contribution < 1.29 is 0 Å². The molecule has 1 saturated carbocycles. The monoisotopic (exact) mass is 215 g/mol. The maximum atomic E-state index is 5.77. The SMILES string of the molecule is ClCCCN1CCC[C@H]2CCCC[C@H]21. The summed E-state index contributed by atoms with van der Waals surface area (Å²) in [5.41, 5.74) is 0. The molecule has 0 aromatic carbocycles. The van der Waals surface area contributed by atoms with Gasteiger partial charge in [0.2, 0.25) is 0 Å². The Hall–Kier alpha value is 0.250. The molecule has 2 rings (SSSR count). The second-order valence-corrected chi connectivity index (χ2v) is 5.21. The van der Waals surface area contributed by atoms with E-state index in [1.54, 1.807) is 0 Å². The van der Waals surface area contributed by atoms with Crippen molar-refractivity contribution in [1.29, 1.82) is 0 Å². The minimum atomic E-state index is 0.827. The first-order valence-corrected chi connectivity index (χ1v) is 6.75. The largest absolute Gasteiger partial charge is 0.300 e. The first kappa shape index (κ1) is 10.8. The summed E-state index contributed by atoms with van der Waals surface area (Å²) in [6.07, 6.45) is 9.95. The van der Waals surface area contributed by atoms with Gasteiger partial charge in [0.1, 0.15) is 0 Å². The lowest BCUT2D eigenvalue weighted by Gasteiger charge is -2.44. The Kier molecular flexibility index (Phi) is 4.12. The summed E-state index contributed by atoms with van der Waals surface area (Å²) in [5, 5.41) is 0. The molecule has 0 N–H and O–H groups in total. The molecule has 2 aliphatic rings. The van der Waals surface area contributed by atoms with E-state index >= 15 is 0 Å². The molecule has 1 nitrogen and oxygen atoms in total. The van der Waals surface area contributed by atoms with Gasteiger partial charge in [-0.1, -0.05) is 12.8 Å². The molecule has 1 saturated heterocycles. The minimum absolute atomic E-state index is 0.827. The highest BCUT2D eigenvalue weighted by molar-refractivity contribution is 6.17. The number of alkyl halides is 1. The van der Waals surface area contributed by atoms with Crippen LogP contribution in [0.15, 0.2) is 0 Å². The van der Waals surface area contributed by atoms with Gasteiger partial charge in [-0.25, -0.2) is 0 Å². The van der Waals surface area contributed by atoms with E-state index in [-0.39, 0.29) is 0 Å². The summed E-state index contributed by atoms with van der Waals surface area (Å²) in [5.74, 6) is 1.85. The number of hydrogen-bond donors (Lipinski definition) is 0. The van der Waals surface area contributed by atoms with Gasteiger partial charge in [0.05, 0.1) is 0 Å². The molecule has 0 bridgehead atoms. The highest BCUT2D eigenvalue weighted by Gasteiger charge is 2.32. The van der Waals surface area contributed by atoms with Gasteiger partial charge >= 0.3 is 0 Å². The predicted octanol–water partition coefficient (Wildman–Crippen LogP) is 3.27. The normalized spacial score (nSPS) is 34.1. The molecule has 0 aromatic heterocycles. The van der Waals surface area contributed by atoms with Crippen LogP contribution in [-0.4, -0.2) is 29.9 Å². The fraction of sp³-hybridized carbons (Fsp3) is 1.00. The van der Waals surface area contributed by atoms with E-state index in [4.69, 9.17) is 11.6 Å². The summed E-state index contributed by atoms with van der Waals surface area (Å²) >= 11 is 5.77. The Morgan fingerprint density at radius 3 is 2.71 bits per heavy atom. The molecule has 0 amide bonds. The van der Waals surface area contributed by atoms with Crippen molar-refractivity contribution in [3.63, 3.8) is 0 Å². The summed E-state index contributed by atoms with van der Waals surface area (Å²) in [7, 11) is 0. The minimum Gasteiger partial charge on any atom is -0.300 e. The summed E-state index contributed by atoms with van der Waals surface area (Å²) in [4.78, 5) is 2.72. The fourth-order valence-electron chi connectivity index (χ4n) is 3.27. The topological polar surface area (TPSA) is 3.24 Å². The van der Waals surface area contributed by atoms with Crippen LogP contribution in [0.2, 0.25) is 0 Å². The van der Waals surface area contributed by atoms with Gasteiger partial charge in [0, 0.05) is 11.9 Å². The molecule has 0 radical (unpaired) electrons. The van der Waals surface area contributed by atoms with Crippen molar-refractivity contribution in [2.75, 3.05) is 19.0 Å². The highest BCUT2D eigenvalue weighted by Crippen LogP contribution is 2.35. The lowest BCUT2D eigenvalue weighted by Crippen LogP contribution is -2.47. The lowest BCUT2D eigenvalue weighted by atomic mass is 9.78. The van der Waals surface area contributed by atoms with E-state index in [2.05, 4.69) is 4.90 Å². The molecular formula is C12H22ClN.